The number of pyridine rings is 1. The molecule has 6 nitrogen and oxygen atoms in total. The number of Topliss-reactive ketones (excluding diaryl/α,β-unsaturated/α-hetero) is 1. The number of rotatable bonds is 6. The van der Waals surface area contributed by atoms with E-state index in [9.17, 15) is 18.4 Å². The van der Waals surface area contributed by atoms with E-state index < -0.39 is 17.4 Å². The predicted octanol–water partition coefficient (Wildman–Crippen LogP) is 4.43. The summed E-state index contributed by atoms with van der Waals surface area (Å²) in [6.07, 6.45) is 1.86. The van der Waals surface area contributed by atoms with E-state index in [2.05, 4.69) is 10.1 Å². The maximum Gasteiger partial charge on any atom is 0.437 e. The fourth-order valence-electron chi connectivity index (χ4n) is 3.15. The second-order valence-corrected chi connectivity index (χ2v) is 7.92. The zero-order chi connectivity index (χ0) is 22.1. The zero-order valence-corrected chi connectivity index (χ0v) is 17.5. The van der Waals surface area contributed by atoms with Gasteiger partial charge in [-0.15, -0.1) is 16.4 Å². The van der Waals surface area contributed by atoms with Gasteiger partial charge in [-0.2, -0.15) is 4.68 Å². The van der Waals surface area contributed by atoms with Gasteiger partial charge in [-0.1, -0.05) is 13.0 Å². The summed E-state index contributed by atoms with van der Waals surface area (Å²) in [5.74, 6) is -2.30. The Balaban J connectivity index is 1.67. The fourth-order valence-corrected chi connectivity index (χ4v) is 4.13. The lowest BCUT2D eigenvalue weighted by Gasteiger charge is -2.06. The van der Waals surface area contributed by atoms with Crippen molar-refractivity contribution in [2.45, 2.75) is 19.8 Å². The minimum Gasteiger partial charge on any atom is -0.388 e. The van der Waals surface area contributed by atoms with Gasteiger partial charge in [-0.05, 0) is 36.8 Å². The van der Waals surface area contributed by atoms with Gasteiger partial charge in [-0.25, -0.2) is 13.6 Å². The third-order valence-corrected chi connectivity index (χ3v) is 5.95. The molecule has 0 bridgehead atoms. The highest BCUT2D eigenvalue weighted by atomic mass is 32.1. The summed E-state index contributed by atoms with van der Waals surface area (Å²) in [4.78, 5) is 29.8. The van der Waals surface area contributed by atoms with Crippen molar-refractivity contribution >= 4 is 17.1 Å². The summed E-state index contributed by atoms with van der Waals surface area (Å²) < 4.78 is 34.0. The van der Waals surface area contributed by atoms with Crippen molar-refractivity contribution in [3.63, 3.8) is 0 Å². The first-order valence-corrected chi connectivity index (χ1v) is 10.3. The Kier molecular flexibility index (Phi) is 5.60. The van der Waals surface area contributed by atoms with Crippen LogP contribution >= 0.6 is 11.3 Å². The molecule has 0 unspecified atom stereocenters. The Bertz CT molecular complexity index is 1320. The van der Waals surface area contributed by atoms with Crippen LogP contribution in [0.3, 0.4) is 0 Å². The molecule has 0 fully saturated rings. The zero-order valence-electron chi connectivity index (χ0n) is 16.7. The number of halogens is 2. The molecule has 0 amide bonds. The van der Waals surface area contributed by atoms with Gasteiger partial charge in [0.1, 0.15) is 11.6 Å². The smallest absolute Gasteiger partial charge is 0.388 e. The van der Waals surface area contributed by atoms with Crippen LogP contribution in [0.1, 0.15) is 27.9 Å². The Labute approximate surface area is 179 Å². The van der Waals surface area contributed by atoms with Crippen molar-refractivity contribution in [1.29, 1.82) is 0 Å². The van der Waals surface area contributed by atoms with E-state index in [4.69, 9.17) is 4.42 Å². The normalized spacial score (nSPS) is 11.1. The summed E-state index contributed by atoms with van der Waals surface area (Å²) in [6, 6.07) is 8.72. The van der Waals surface area contributed by atoms with Crippen LogP contribution in [0.25, 0.3) is 21.9 Å². The number of hydrogen-bond donors (Lipinski definition) is 0. The van der Waals surface area contributed by atoms with Crippen molar-refractivity contribution in [2.75, 3.05) is 0 Å². The summed E-state index contributed by atoms with van der Waals surface area (Å²) in [6.45, 7) is 1.95. The lowest BCUT2D eigenvalue weighted by molar-refractivity contribution is 0.0994. The summed E-state index contributed by atoms with van der Waals surface area (Å²) in [5.41, 5.74) is 1.85. The number of hydrogen-bond acceptors (Lipinski definition) is 6. The van der Waals surface area contributed by atoms with Crippen LogP contribution in [0.2, 0.25) is 0 Å². The number of carbonyl (C=O) groups is 1. The van der Waals surface area contributed by atoms with Crippen LogP contribution in [0.15, 0.2) is 51.8 Å². The molecule has 9 heteroatoms. The molecule has 4 aromatic rings. The average molecular weight is 441 g/mol. The van der Waals surface area contributed by atoms with Gasteiger partial charge in [0, 0.05) is 41.4 Å². The van der Waals surface area contributed by atoms with Crippen LogP contribution in [0.5, 0.6) is 0 Å². The van der Waals surface area contributed by atoms with Crippen molar-refractivity contribution in [3.05, 3.63) is 80.9 Å². The first-order valence-electron chi connectivity index (χ1n) is 9.47. The van der Waals surface area contributed by atoms with Gasteiger partial charge < -0.3 is 4.42 Å². The maximum absolute atomic E-state index is 13.9. The van der Waals surface area contributed by atoms with Crippen LogP contribution < -0.4 is 5.76 Å². The quantitative estimate of drug-likeness (QED) is 0.414. The second-order valence-electron chi connectivity index (χ2n) is 6.83. The lowest BCUT2D eigenvalue weighted by atomic mass is 10.1. The van der Waals surface area contributed by atoms with Gasteiger partial charge in [0.15, 0.2) is 5.78 Å². The number of nitrogens with zero attached hydrogens (tertiary/aromatic N) is 3. The van der Waals surface area contributed by atoms with Gasteiger partial charge in [0.05, 0.1) is 10.4 Å². The average Bonchev–Trinajstić information content (AvgIpc) is 3.37. The fraction of sp³-hybridized carbons (Fsp3) is 0.182. The number of thiophene rings is 1. The van der Waals surface area contributed by atoms with E-state index in [1.165, 1.54) is 24.5 Å². The molecule has 3 aromatic heterocycles. The van der Waals surface area contributed by atoms with Gasteiger partial charge in [0.2, 0.25) is 0 Å². The molecule has 4 rings (SSSR count). The highest BCUT2D eigenvalue weighted by Crippen LogP contribution is 2.33. The van der Waals surface area contributed by atoms with E-state index >= 15 is 0 Å². The van der Waals surface area contributed by atoms with E-state index in [1.807, 2.05) is 6.92 Å². The number of benzene rings is 1. The van der Waals surface area contributed by atoms with Crippen LogP contribution in [-0.4, -0.2) is 20.5 Å². The van der Waals surface area contributed by atoms with E-state index in [1.54, 1.807) is 24.4 Å². The maximum atomic E-state index is 13.9. The molecular weight excluding hydrogens is 424 g/mol. The molecule has 3 heterocycles. The predicted molar refractivity (Wildman–Crippen MR) is 112 cm³/mol. The molecule has 0 aliphatic carbocycles. The number of carbonyl (C=O) groups excluding carboxylic acids is 1. The highest BCUT2D eigenvalue weighted by molar-refractivity contribution is 7.17. The molecule has 0 spiro atoms. The molecule has 0 atom stereocenters. The van der Waals surface area contributed by atoms with Gasteiger partial charge >= 0.3 is 5.76 Å². The first kappa shape index (κ1) is 20.8. The molecule has 0 aliphatic rings. The van der Waals surface area contributed by atoms with Crippen LogP contribution in [-0.2, 0) is 19.9 Å². The Morgan fingerprint density at radius 1 is 1.19 bits per heavy atom. The lowest BCUT2D eigenvalue weighted by Crippen LogP contribution is -2.09. The summed E-state index contributed by atoms with van der Waals surface area (Å²) in [7, 11) is 1.49. The minimum atomic E-state index is -0.743. The molecule has 0 N–H and O–H groups in total. The monoisotopic (exact) mass is 441 g/mol. The standard InChI is InChI=1S/C22H17F2N3O3S/c1-3-17-14(9-12(11-25-17)21-26-27(2)22(29)30-21)19-7-8-20(31-19)18(28)10-13-15(23)5-4-6-16(13)24/h4-9,11H,3,10H2,1-2H3. The van der Waals surface area contributed by atoms with Crippen molar-refractivity contribution in [3.8, 4) is 21.9 Å². The molecule has 31 heavy (non-hydrogen) atoms. The van der Waals surface area contributed by atoms with Crippen LogP contribution in [0.4, 0.5) is 8.78 Å². The first-order chi connectivity index (χ1) is 14.9. The summed E-state index contributed by atoms with van der Waals surface area (Å²) >= 11 is 1.21. The van der Waals surface area contributed by atoms with Crippen molar-refractivity contribution < 1.29 is 18.0 Å². The largest absolute Gasteiger partial charge is 0.437 e. The number of aromatic nitrogens is 3. The molecule has 0 aliphatic heterocycles. The minimum absolute atomic E-state index is 0.145. The van der Waals surface area contributed by atoms with Gasteiger partial charge in [0.25, 0.3) is 5.89 Å². The molecular formula is C22H17F2N3O3S. The Hall–Kier alpha value is -3.46. The molecule has 0 radical (unpaired) electrons. The number of ketones is 1. The third-order valence-electron chi connectivity index (χ3n) is 4.79. The molecule has 1 aromatic carbocycles. The van der Waals surface area contributed by atoms with E-state index in [0.717, 1.165) is 32.9 Å². The van der Waals surface area contributed by atoms with Crippen molar-refractivity contribution in [1.82, 2.24) is 14.8 Å². The second kappa shape index (κ2) is 8.35. The highest BCUT2D eigenvalue weighted by Gasteiger charge is 2.18. The molecule has 158 valence electrons. The number of aryl methyl sites for hydroxylation is 2. The molecule has 0 saturated carbocycles. The summed E-state index contributed by atoms with van der Waals surface area (Å²) in [5, 5.41) is 4.04. The SMILES string of the molecule is CCc1ncc(-c2nn(C)c(=O)o2)cc1-c1ccc(C(=O)Cc2c(F)cccc2F)s1. The molecule has 0 saturated heterocycles. The van der Waals surface area contributed by atoms with E-state index in [0.29, 0.717) is 16.9 Å². The van der Waals surface area contributed by atoms with E-state index in [-0.39, 0.29) is 23.7 Å². The van der Waals surface area contributed by atoms with Gasteiger partial charge in [-0.3, -0.25) is 9.78 Å². The Morgan fingerprint density at radius 3 is 2.58 bits per heavy atom. The topological polar surface area (TPSA) is 78.0 Å². The third kappa shape index (κ3) is 4.09. The van der Waals surface area contributed by atoms with Crippen LogP contribution in [0, 0.1) is 11.6 Å². The Morgan fingerprint density at radius 2 is 1.94 bits per heavy atom. The van der Waals surface area contributed by atoms with Crippen molar-refractivity contribution in [2.24, 2.45) is 7.05 Å².